The normalized spacial score (nSPS) is 20.7. The van der Waals surface area contributed by atoms with E-state index in [1.165, 1.54) is 44.9 Å². The van der Waals surface area contributed by atoms with E-state index < -0.39 is 0 Å². The molecular weight excluding hydrogens is 242 g/mol. The zero-order valence-corrected chi connectivity index (χ0v) is 13.1. The predicted molar refractivity (Wildman–Crippen MR) is 86.1 cm³/mol. The van der Waals surface area contributed by atoms with Gasteiger partial charge in [-0.15, -0.1) is 0 Å². The van der Waals surface area contributed by atoms with Crippen LogP contribution in [0.2, 0.25) is 0 Å². The topological polar surface area (TPSA) is 12.0 Å². The van der Waals surface area contributed by atoms with Gasteiger partial charge >= 0.3 is 0 Å². The molecule has 1 nitrogen and oxygen atoms in total. The molecule has 2 unspecified atom stereocenters. The molecule has 1 N–H and O–H groups in total. The van der Waals surface area contributed by atoms with Crippen molar-refractivity contribution in [2.24, 2.45) is 11.8 Å². The van der Waals surface area contributed by atoms with Gasteiger partial charge in [0.1, 0.15) is 0 Å². The molecule has 3 rings (SSSR count). The summed E-state index contributed by atoms with van der Waals surface area (Å²) in [5.41, 5.74) is 4.77. The molecule has 0 aromatic heterocycles. The molecule has 0 heterocycles. The van der Waals surface area contributed by atoms with Crippen LogP contribution in [-0.4, -0.2) is 12.6 Å². The second kappa shape index (κ2) is 6.30. The zero-order valence-electron chi connectivity index (χ0n) is 13.1. The van der Waals surface area contributed by atoms with Gasteiger partial charge in [0.2, 0.25) is 0 Å². The highest BCUT2D eigenvalue weighted by molar-refractivity contribution is 5.35. The summed E-state index contributed by atoms with van der Waals surface area (Å²) in [5, 5.41) is 3.81. The quantitative estimate of drug-likeness (QED) is 0.786. The highest BCUT2D eigenvalue weighted by Crippen LogP contribution is 2.39. The third-order valence-corrected chi connectivity index (χ3v) is 5.28. The van der Waals surface area contributed by atoms with Crippen LogP contribution < -0.4 is 5.32 Å². The molecular formula is C19H29N. The van der Waals surface area contributed by atoms with Crippen molar-refractivity contribution in [1.82, 2.24) is 5.32 Å². The summed E-state index contributed by atoms with van der Waals surface area (Å²) in [6.07, 6.45) is 9.31. The van der Waals surface area contributed by atoms with Gasteiger partial charge in [0.05, 0.1) is 0 Å². The van der Waals surface area contributed by atoms with Crippen molar-refractivity contribution in [3.8, 4) is 0 Å². The largest absolute Gasteiger partial charge is 0.313 e. The van der Waals surface area contributed by atoms with E-state index in [-0.39, 0.29) is 0 Å². The Kier molecular flexibility index (Phi) is 4.45. The third kappa shape index (κ3) is 3.25. The van der Waals surface area contributed by atoms with Gasteiger partial charge in [-0.25, -0.2) is 0 Å². The van der Waals surface area contributed by atoms with Crippen LogP contribution in [0.1, 0.15) is 56.2 Å². The summed E-state index contributed by atoms with van der Waals surface area (Å²) >= 11 is 0. The maximum atomic E-state index is 3.81. The molecule has 1 aromatic carbocycles. The fraction of sp³-hybridized carbons (Fsp3) is 0.684. The lowest BCUT2D eigenvalue weighted by Gasteiger charge is -2.25. The number of nitrogens with one attached hydrogen (secondary N) is 1. The summed E-state index contributed by atoms with van der Waals surface area (Å²) in [7, 11) is 0. The van der Waals surface area contributed by atoms with Gasteiger partial charge in [-0.1, -0.05) is 32.0 Å². The maximum absolute atomic E-state index is 3.81. The minimum atomic E-state index is 0.668. The van der Waals surface area contributed by atoms with Crippen molar-refractivity contribution in [2.45, 2.75) is 64.8 Å². The number of rotatable bonds is 7. The first kappa shape index (κ1) is 14.1. The second-order valence-electron chi connectivity index (χ2n) is 6.92. The number of benzene rings is 1. The molecule has 0 amide bonds. The summed E-state index contributed by atoms with van der Waals surface area (Å²) in [4.78, 5) is 0. The Morgan fingerprint density at radius 3 is 2.75 bits per heavy atom. The van der Waals surface area contributed by atoms with Crippen LogP contribution in [0, 0.1) is 11.8 Å². The SMILES string of the molecule is CCCNC(Cc1ccc2c(c1)CCC2)C(C)C1CC1. The van der Waals surface area contributed by atoms with Crippen LogP contribution >= 0.6 is 0 Å². The minimum Gasteiger partial charge on any atom is -0.313 e. The molecule has 20 heavy (non-hydrogen) atoms. The van der Waals surface area contributed by atoms with Gasteiger partial charge in [0.25, 0.3) is 0 Å². The average molecular weight is 271 g/mol. The van der Waals surface area contributed by atoms with Gasteiger partial charge in [-0.3, -0.25) is 0 Å². The molecule has 0 saturated heterocycles. The molecule has 2 aliphatic carbocycles. The second-order valence-corrected chi connectivity index (χ2v) is 6.92. The Hall–Kier alpha value is -0.820. The van der Waals surface area contributed by atoms with Gasteiger partial charge in [0.15, 0.2) is 0 Å². The molecule has 1 saturated carbocycles. The maximum Gasteiger partial charge on any atom is 0.0136 e. The molecule has 0 radical (unpaired) electrons. The van der Waals surface area contributed by atoms with E-state index in [9.17, 15) is 0 Å². The van der Waals surface area contributed by atoms with E-state index in [0.717, 1.165) is 18.4 Å². The lowest BCUT2D eigenvalue weighted by molar-refractivity contribution is 0.339. The van der Waals surface area contributed by atoms with Crippen LogP contribution in [0.5, 0.6) is 0 Å². The average Bonchev–Trinajstić information content (AvgIpc) is 3.21. The number of fused-ring (bicyclic) bond motifs is 1. The first-order valence-corrected chi connectivity index (χ1v) is 8.62. The molecule has 110 valence electrons. The third-order valence-electron chi connectivity index (χ3n) is 5.28. The van der Waals surface area contributed by atoms with E-state index in [1.54, 1.807) is 16.7 Å². The van der Waals surface area contributed by atoms with Crippen molar-refractivity contribution in [1.29, 1.82) is 0 Å². The van der Waals surface area contributed by atoms with Crippen molar-refractivity contribution >= 4 is 0 Å². The number of hydrogen-bond acceptors (Lipinski definition) is 1. The first-order valence-electron chi connectivity index (χ1n) is 8.62. The van der Waals surface area contributed by atoms with E-state index in [0.29, 0.717) is 6.04 Å². The van der Waals surface area contributed by atoms with Crippen molar-refractivity contribution < 1.29 is 0 Å². The minimum absolute atomic E-state index is 0.668. The molecule has 0 aliphatic heterocycles. The van der Waals surface area contributed by atoms with Crippen LogP contribution in [0.25, 0.3) is 0 Å². The lowest BCUT2D eigenvalue weighted by atomic mass is 9.90. The summed E-state index contributed by atoms with van der Waals surface area (Å²) in [5.74, 6) is 1.81. The van der Waals surface area contributed by atoms with Crippen LogP contribution in [0.4, 0.5) is 0 Å². The fourth-order valence-electron chi connectivity index (χ4n) is 3.73. The smallest absolute Gasteiger partial charge is 0.0136 e. The summed E-state index contributed by atoms with van der Waals surface area (Å²) in [6, 6.07) is 7.92. The van der Waals surface area contributed by atoms with E-state index in [4.69, 9.17) is 0 Å². The Morgan fingerprint density at radius 2 is 2.00 bits per heavy atom. The Labute approximate surface area is 124 Å². The van der Waals surface area contributed by atoms with Crippen molar-refractivity contribution in [2.75, 3.05) is 6.54 Å². The highest BCUT2D eigenvalue weighted by atomic mass is 14.9. The monoisotopic (exact) mass is 271 g/mol. The standard InChI is InChI=1S/C19H29N/c1-3-11-20-19(14(2)16-9-10-16)13-15-7-8-17-5-4-6-18(17)12-15/h7-8,12,14,16,19-20H,3-6,9-11,13H2,1-2H3. The van der Waals surface area contributed by atoms with Gasteiger partial charge in [-0.05, 0) is 80.0 Å². The summed E-state index contributed by atoms with van der Waals surface area (Å²) < 4.78 is 0. The van der Waals surface area contributed by atoms with Crippen LogP contribution in [-0.2, 0) is 19.3 Å². The molecule has 0 spiro atoms. The predicted octanol–water partition coefficient (Wildman–Crippen LogP) is 4.13. The van der Waals surface area contributed by atoms with Gasteiger partial charge in [-0.2, -0.15) is 0 Å². The van der Waals surface area contributed by atoms with E-state index in [1.807, 2.05) is 0 Å². The Balaban J connectivity index is 1.68. The number of aryl methyl sites for hydroxylation is 2. The van der Waals surface area contributed by atoms with E-state index >= 15 is 0 Å². The van der Waals surface area contributed by atoms with Gasteiger partial charge < -0.3 is 5.32 Å². The zero-order chi connectivity index (χ0) is 13.9. The van der Waals surface area contributed by atoms with Gasteiger partial charge in [0, 0.05) is 6.04 Å². The molecule has 1 fully saturated rings. The van der Waals surface area contributed by atoms with Crippen LogP contribution in [0.3, 0.4) is 0 Å². The van der Waals surface area contributed by atoms with E-state index in [2.05, 4.69) is 37.4 Å². The van der Waals surface area contributed by atoms with Crippen molar-refractivity contribution in [3.05, 3.63) is 34.9 Å². The Morgan fingerprint density at radius 1 is 1.20 bits per heavy atom. The fourth-order valence-corrected chi connectivity index (χ4v) is 3.73. The Bertz CT molecular complexity index is 447. The summed E-state index contributed by atoms with van der Waals surface area (Å²) in [6.45, 7) is 5.88. The van der Waals surface area contributed by atoms with Crippen LogP contribution in [0.15, 0.2) is 18.2 Å². The molecule has 2 atom stereocenters. The molecule has 2 aliphatic rings. The van der Waals surface area contributed by atoms with Crippen molar-refractivity contribution in [3.63, 3.8) is 0 Å². The molecule has 1 aromatic rings. The first-order chi connectivity index (χ1) is 9.78. The molecule has 0 bridgehead atoms. The molecule has 1 heteroatoms. The lowest BCUT2D eigenvalue weighted by Crippen LogP contribution is -2.38. The number of hydrogen-bond donors (Lipinski definition) is 1. The highest BCUT2D eigenvalue weighted by Gasteiger charge is 2.33.